The average molecular weight is 525 g/mol. The molecular formula is C22H29FIN5O. The molecule has 0 fully saturated rings. The number of ether oxygens (including phenoxy) is 1. The molecule has 0 unspecified atom stereocenters. The second-order valence-corrected chi connectivity index (χ2v) is 6.86. The van der Waals surface area contributed by atoms with E-state index in [0.717, 1.165) is 47.9 Å². The Labute approximate surface area is 194 Å². The van der Waals surface area contributed by atoms with Crippen molar-refractivity contribution < 1.29 is 9.13 Å². The first kappa shape index (κ1) is 24.1. The van der Waals surface area contributed by atoms with Crippen molar-refractivity contribution in [1.82, 2.24) is 20.2 Å². The van der Waals surface area contributed by atoms with Crippen LogP contribution in [-0.4, -0.2) is 36.2 Å². The molecule has 2 N–H and O–H groups in total. The second-order valence-electron chi connectivity index (χ2n) is 6.86. The molecule has 0 bridgehead atoms. The van der Waals surface area contributed by atoms with Crippen molar-refractivity contribution in [2.75, 3.05) is 20.7 Å². The van der Waals surface area contributed by atoms with E-state index in [1.54, 1.807) is 20.2 Å². The highest BCUT2D eigenvalue weighted by Gasteiger charge is 2.07. The minimum atomic E-state index is -0.250. The van der Waals surface area contributed by atoms with Gasteiger partial charge in [-0.3, -0.25) is 4.99 Å². The molecule has 162 valence electrons. The van der Waals surface area contributed by atoms with Crippen LogP contribution < -0.4 is 10.6 Å². The third-order valence-electron chi connectivity index (χ3n) is 4.79. The van der Waals surface area contributed by atoms with E-state index in [1.807, 2.05) is 31.2 Å². The lowest BCUT2D eigenvalue weighted by Gasteiger charge is -2.13. The van der Waals surface area contributed by atoms with Gasteiger partial charge in [-0.2, -0.15) is 0 Å². The highest BCUT2D eigenvalue weighted by atomic mass is 127. The molecule has 1 aromatic heterocycles. The summed E-state index contributed by atoms with van der Waals surface area (Å²) in [6.07, 6.45) is 0.941. The highest BCUT2D eigenvalue weighted by molar-refractivity contribution is 14.0. The van der Waals surface area contributed by atoms with E-state index in [4.69, 9.17) is 4.74 Å². The van der Waals surface area contributed by atoms with Crippen LogP contribution >= 0.6 is 24.0 Å². The zero-order valence-electron chi connectivity index (χ0n) is 17.6. The molecule has 0 atom stereocenters. The molecular weight excluding hydrogens is 496 g/mol. The van der Waals surface area contributed by atoms with Gasteiger partial charge in [-0.25, -0.2) is 9.37 Å². The van der Waals surface area contributed by atoms with Gasteiger partial charge in [-0.05, 0) is 43.2 Å². The van der Waals surface area contributed by atoms with Crippen LogP contribution in [0.2, 0.25) is 0 Å². The predicted octanol–water partition coefficient (Wildman–Crippen LogP) is 4.00. The summed E-state index contributed by atoms with van der Waals surface area (Å²) in [5, 5.41) is 6.59. The Hall–Kier alpha value is -2.20. The van der Waals surface area contributed by atoms with Crippen LogP contribution in [-0.2, 0) is 24.4 Å². The molecule has 0 aliphatic rings. The number of guanidine groups is 1. The molecule has 0 aliphatic heterocycles. The Morgan fingerprint density at radius 2 is 2.00 bits per heavy atom. The molecule has 0 saturated carbocycles. The number of aromatic nitrogens is 2. The van der Waals surface area contributed by atoms with E-state index < -0.39 is 0 Å². The fourth-order valence-corrected chi connectivity index (χ4v) is 3.33. The van der Waals surface area contributed by atoms with Gasteiger partial charge in [0.1, 0.15) is 11.6 Å². The van der Waals surface area contributed by atoms with E-state index in [9.17, 15) is 4.39 Å². The van der Waals surface area contributed by atoms with Crippen LogP contribution in [0, 0.1) is 12.7 Å². The second kappa shape index (κ2) is 11.8. The van der Waals surface area contributed by atoms with E-state index in [0.29, 0.717) is 12.1 Å². The van der Waals surface area contributed by atoms with Crippen LogP contribution in [0.4, 0.5) is 4.39 Å². The predicted molar refractivity (Wildman–Crippen MR) is 130 cm³/mol. The van der Waals surface area contributed by atoms with Crippen molar-refractivity contribution in [3.8, 4) is 0 Å². The standard InChI is InChI=1S/C22H28FN5O.HI/c1-16-27-20-7-4-5-8-21(20)28(16)12-6-11-25-22(24-2)26-14-17-9-10-19(23)18(13-17)15-29-3;/h4-5,7-10,13H,6,11-12,14-15H2,1-3H3,(H2,24,25,26);1H. The van der Waals surface area contributed by atoms with Gasteiger partial charge < -0.3 is 19.9 Å². The number of hydrogen-bond donors (Lipinski definition) is 2. The number of imidazole rings is 1. The molecule has 3 aromatic rings. The first-order valence-corrected chi connectivity index (χ1v) is 9.75. The maximum Gasteiger partial charge on any atom is 0.191 e. The number of fused-ring (bicyclic) bond motifs is 1. The van der Waals surface area contributed by atoms with Crippen molar-refractivity contribution in [2.24, 2.45) is 4.99 Å². The lowest BCUT2D eigenvalue weighted by Crippen LogP contribution is -2.37. The molecule has 8 heteroatoms. The van der Waals surface area contributed by atoms with E-state index >= 15 is 0 Å². The number of rotatable bonds is 8. The van der Waals surface area contributed by atoms with E-state index in [1.165, 1.54) is 6.07 Å². The fourth-order valence-electron chi connectivity index (χ4n) is 3.33. The Morgan fingerprint density at radius 3 is 2.77 bits per heavy atom. The summed E-state index contributed by atoms with van der Waals surface area (Å²) in [4.78, 5) is 8.86. The molecule has 6 nitrogen and oxygen atoms in total. The highest BCUT2D eigenvalue weighted by Crippen LogP contribution is 2.15. The Balaban J connectivity index is 0.00000320. The van der Waals surface area contributed by atoms with Crippen molar-refractivity contribution in [2.45, 2.75) is 33.0 Å². The molecule has 0 radical (unpaired) electrons. The van der Waals surface area contributed by atoms with Crippen molar-refractivity contribution >= 4 is 41.0 Å². The van der Waals surface area contributed by atoms with Crippen LogP contribution in [0.15, 0.2) is 47.5 Å². The van der Waals surface area contributed by atoms with Gasteiger partial charge in [-0.15, -0.1) is 24.0 Å². The quantitative estimate of drug-likeness (QED) is 0.202. The summed E-state index contributed by atoms with van der Waals surface area (Å²) in [7, 11) is 3.30. The maximum atomic E-state index is 13.7. The summed E-state index contributed by atoms with van der Waals surface area (Å²) in [6, 6.07) is 13.2. The monoisotopic (exact) mass is 525 g/mol. The lowest BCUT2D eigenvalue weighted by atomic mass is 10.1. The number of para-hydroxylation sites is 2. The molecule has 0 spiro atoms. The van der Waals surface area contributed by atoms with E-state index in [2.05, 4.69) is 31.2 Å². The summed E-state index contributed by atoms with van der Waals surface area (Å²) in [5.74, 6) is 1.49. The summed E-state index contributed by atoms with van der Waals surface area (Å²) in [6.45, 7) is 4.52. The van der Waals surface area contributed by atoms with Gasteiger partial charge in [0.25, 0.3) is 0 Å². The summed E-state index contributed by atoms with van der Waals surface area (Å²) in [5.41, 5.74) is 3.72. The number of aliphatic imine (C=N–C) groups is 1. The number of hydrogen-bond acceptors (Lipinski definition) is 3. The van der Waals surface area contributed by atoms with Crippen LogP contribution in [0.3, 0.4) is 0 Å². The van der Waals surface area contributed by atoms with Gasteiger partial charge in [0.05, 0.1) is 17.6 Å². The number of nitrogens with one attached hydrogen (secondary N) is 2. The average Bonchev–Trinajstić information content (AvgIpc) is 3.05. The normalized spacial score (nSPS) is 11.4. The Kier molecular flexibility index (Phi) is 9.51. The van der Waals surface area contributed by atoms with Gasteiger partial charge >= 0.3 is 0 Å². The first-order valence-electron chi connectivity index (χ1n) is 9.75. The molecule has 3 rings (SSSR count). The molecule has 0 amide bonds. The summed E-state index contributed by atoms with van der Waals surface area (Å²) >= 11 is 0. The lowest BCUT2D eigenvalue weighted by molar-refractivity contribution is 0.181. The van der Waals surface area contributed by atoms with Crippen LogP contribution in [0.25, 0.3) is 11.0 Å². The van der Waals surface area contributed by atoms with Crippen LogP contribution in [0.1, 0.15) is 23.4 Å². The topological polar surface area (TPSA) is 63.5 Å². The minimum Gasteiger partial charge on any atom is -0.380 e. The third-order valence-corrected chi connectivity index (χ3v) is 4.79. The number of nitrogens with zero attached hydrogens (tertiary/aromatic N) is 3. The zero-order valence-corrected chi connectivity index (χ0v) is 19.9. The molecule has 30 heavy (non-hydrogen) atoms. The van der Waals surface area contributed by atoms with Gasteiger partial charge in [0, 0.05) is 39.4 Å². The number of halogens is 2. The first-order chi connectivity index (χ1) is 14.1. The molecule has 1 heterocycles. The zero-order chi connectivity index (χ0) is 20.6. The smallest absolute Gasteiger partial charge is 0.191 e. The minimum absolute atomic E-state index is 0. The summed E-state index contributed by atoms with van der Waals surface area (Å²) < 4.78 is 21.0. The fraction of sp³-hybridized carbons (Fsp3) is 0.364. The van der Waals surface area contributed by atoms with Crippen molar-refractivity contribution in [3.63, 3.8) is 0 Å². The molecule has 0 aliphatic carbocycles. The Morgan fingerprint density at radius 1 is 1.20 bits per heavy atom. The largest absolute Gasteiger partial charge is 0.380 e. The Bertz CT molecular complexity index is 989. The van der Waals surface area contributed by atoms with Gasteiger partial charge in [0.2, 0.25) is 0 Å². The molecule has 0 saturated heterocycles. The number of aryl methyl sites for hydroxylation is 2. The number of benzene rings is 2. The maximum absolute atomic E-state index is 13.7. The van der Waals surface area contributed by atoms with Crippen molar-refractivity contribution in [1.29, 1.82) is 0 Å². The van der Waals surface area contributed by atoms with Crippen molar-refractivity contribution in [3.05, 3.63) is 65.2 Å². The SMILES string of the molecule is CN=C(NCCCn1c(C)nc2ccccc21)NCc1ccc(F)c(COC)c1.I. The van der Waals surface area contributed by atoms with Gasteiger partial charge in [0.15, 0.2) is 5.96 Å². The number of methoxy groups -OCH3 is 1. The third kappa shape index (κ3) is 6.15. The van der Waals surface area contributed by atoms with E-state index in [-0.39, 0.29) is 36.4 Å². The van der Waals surface area contributed by atoms with Crippen LogP contribution in [0.5, 0.6) is 0 Å². The molecule has 2 aromatic carbocycles. The van der Waals surface area contributed by atoms with Gasteiger partial charge in [-0.1, -0.05) is 18.2 Å².